The van der Waals surface area contributed by atoms with E-state index in [2.05, 4.69) is 25.0 Å². The molecule has 1 aliphatic heterocycles. The van der Waals surface area contributed by atoms with Gasteiger partial charge in [0.25, 0.3) is 5.91 Å². The van der Waals surface area contributed by atoms with Crippen LogP contribution in [0.3, 0.4) is 0 Å². The highest BCUT2D eigenvalue weighted by atomic mass is 16.3. The van der Waals surface area contributed by atoms with Gasteiger partial charge < -0.3 is 19.4 Å². The molecule has 4 rings (SSSR count). The highest BCUT2D eigenvalue weighted by molar-refractivity contribution is 5.91. The molecule has 1 aromatic carbocycles. The van der Waals surface area contributed by atoms with Gasteiger partial charge in [-0.05, 0) is 18.2 Å². The molecule has 0 unspecified atom stereocenters. The average molecular weight is 381 g/mol. The van der Waals surface area contributed by atoms with Crippen LogP contribution < -0.4 is 5.32 Å². The molecule has 0 atom stereocenters. The first kappa shape index (κ1) is 18.2. The van der Waals surface area contributed by atoms with Gasteiger partial charge in [0.2, 0.25) is 0 Å². The third kappa shape index (κ3) is 4.07. The maximum atomic E-state index is 11.9. The Morgan fingerprint density at radius 1 is 1.14 bits per heavy atom. The van der Waals surface area contributed by atoms with E-state index in [1.165, 1.54) is 6.26 Å². The predicted molar refractivity (Wildman–Crippen MR) is 102 cm³/mol. The van der Waals surface area contributed by atoms with E-state index in [1.54, 1.807) is 18.2 Å². The summed E-state index contributed by atoms with van der Waals surface area (Å²) in [6, 6.07) is 10.8. The van der Waals surface area contributed by atoms with Gasteiger partial charge in [-0.2, -0.15) is 0 Å². The Morgan fingerprint density at radius 3 is 2.86 bits per heavy atom. The molecule has 8 nitrogen and oxygen atoms in total. The van der Waals surface area contributed by atoms with E-state index in [4.69, 9.17) is 4.42 Å². The zero-order valence-corrected chi connectivity index (χ0v) is 15.5. The molecule has 2 N–H and O–H groups in total. The lowest BCUT2D eigenvalue weighted by molar-refractivity contribution is 0.0926. The maximum Gasteiger partial charge on any atom is 0.286 e. The Balaban J connectivity index is 1.33. The molecular weight excluding hydrogens is 358 g/mol. The second-order valence-electron chi connectivity index (χ2n) is 6.82. The molecule has 8 heteroatoms. The van der Waals surface area contributed by atoms with Gasteiger partial charge in [0, 0.05) is 51.1 Å². The Hall–Kier alpha value is -3.13. The predicted octanol–water partition coefficient (Wildman–Crippen LogP) is 1.61. The van der Waals surface area contributed by atoms with Crippen LogP contribution in [0.4, 0.5) is 0 Å². The smallest absolute Gasteiger partial charge is 0.286 e. The van der Waals surface area contributed by atoms with Crippen molar-refractivity contribution in [3.63, 3.8) is 0 Å². The molecule has 1 aliphatic rings. The lowest BCUT2D eigenvalue weighted by Gasteiger charge is -2.20. The first-order valence-corrected chi connectivity index (χ1v) is 9.42. The van der Waals surface area contributed by atoms with Crippen LogP contribution in [0.25, 0.3) is 0 Å². The van der Waals surface area contributed by atoms with Gasteiger partial charge in [-0.15, -0.1) is 10.2 Å². The monoisotopic (exact) mass is 381 g/mol. The van der Waals surface area contributed by atoms with Crippen molar-refractivity contribution in [2.45, 2.75) is 25.9 Å². The number of furan rings is 1. The number of benzene rings is 1. The number of phenolic OH excluding ortho intramolecular Hbond substituents is 1. The van der Waals surface area contributed by atoms with E-state index < -0.39 is 0 Å². The molecule has 0 aliphatic carbocycles. The molecule has 28 heavy (non-hydrogen) atoms. The number of hydrogen-bond acceptors (Lipinski definition) is 6. The van der Waals surface area contributed by atoms with Gasteiger partial charge >= 0.3 is 0 Å². The van der Waals surface area contributed by atoms with Gasteiger partial charge in [-0.25, -0.2) is 0 Å². The molecule has 0 spiro atoms. The van der Waals surface area contributed by atoms with Gasteiger partial charge in [-0.3, -0.25) is 9.69 Å². The summed E-state index contributed by atoms with van der Waals surface area (Å²) in [7, 11) is 0. The summed E-state index contributed by atoms with van der Waals surface area (Å²) < 4.78 is 7.23. The second-order valence-corrected chi connectivity index (χ2v) is 6.82. The number of carbonyl (C=O) groups excluding carboxylic acids is 1. The Morgan fingerprint density at radius 2 is 2.04 bits per heavy atom. The zero-order chi connectivity index (χ0) is 19.3. The summed E-state index contributed by atoms with van der Waals surface area (Å²) in [5.74, 6) is 2.25. The van der Waals surface area contributed by atoms with Gasteiger partial charge in [0.15, 0.2) is 5.76 Å². The van der Waals surface area contributed by atoms with Gasteiger partial charge in [-0.1, -0.05) is 18.2 Å². The minimum absolute atomic E-state index is 0.227. The van der Waals surface area contributed by atoms with Crippen molar-refractivity contribution in [3.05, 3.63) is 65.6 Å². The molecular formula is C20H23N5O3. The number of nitrogens with one attached hydrogen (secondary N) is 1. The van der Waals surface area contributed by atoms with Crippen molar-refractivity contribution in [1.29, 1.82) is 0 Å². The topological polar surface area (TPSA) is 96.4 Å². The summed E-state index contributed by atoms with van der Waals surface area (Å²) in [5, 5.41) is 21.5. The Kier molecular flexibility index (Phi) is 5.38. The molecule has 3 heterocycles. The van der Waals surface area contributed by atoms with Crippen molar-refractivity contribution in [3.8, 4) is 5.75 Å². The number of rotatable bonds is 6. The molecule has 0 saturated carbocycles. The van der Waals surface area contributed by atoms with Gasteiger partial charge in [0.1, 0.15) is 17.4 Å². The number of phenols is 1. The van der Waals surface area contributed by atoms with E-state index in [9.17, 15) is 9.90 Å². The van der Waals surface area contributed by atoms with Crippen molar-refractivity contribution >= 4 is 5.91 Å². The number of nitrogens with zero attached hydrogens (tertiary/aromatic N) is 4. The second kappa shape index (κ2) is 8.26. The summed E-state index contributed by atoms with van der Waals surface area (Å²) in [6.07, 6.45) is 2.90. The number of fused-ring (bicyclic) bond motifs is 1. The summed E-state index contributed by atoms with van der Waals surface area (Å²) >= 11 is 0. The van der Waals surface area contributed by atoms with Crippen LogP contribution in [-0.2, 0) is 25.9 Å². The largest absolute Gasteiger partial charge is 0.508 e. The quantitative estimate of drug-likeness (QED) is 0.673. The minimum atomic E-state index is -0.227. The minimum Gasteiger partial charge on any atom is -0.508 e. The fraction of sp³-hybridized carbons (Fsp3) is 0.350. The molecule has 0 saturated heterocycles. The average Bonchev–Trinajstić information content (AvgIpc) is 3.32. The van der Waals surface area contributed by atoms with Crippen LogP contribution in [0.1, 0.15) is 27.8 Å². The highest BCUT2D eigenvalue weighted by Gasteiger charge is 2.19. The number of aromatic hydroxyl groups is 1. The Labute approximate surface area is 162 Å². The van der Waals surface area contributed by atoms with Crippen LogP contribution in [0, 0.1) is 0 Å². The molecule has 0 bridgehead atoms. The van der Waals surface area contributed by atoms with E-state index in [0.717, 1.165) is 43.3 Å². The molecule has 3 aromatic rings. The van der Waals surface area contributed by atoms with Gasteiger partial charge in [0.05, 0.1) is 6.26 Å². The summed E-state index contributed by atoms with van der Waals surface area (Å²) in [4.78, 5) is 14.3. The molecule has 146 valence electrons. The van der Waals surface area contributed by atoms with Crippen LogP contribution >= 0.6 is 0 Å². The standard InChI is InChI=1S/C20H23N5O3/c26-16-5-2-1-4-15(16)14-24-10-8-19-23-22-18(25(19)12-11-24)7-9-21-20(27)17-6-3-13-28-17/h1-6,13,26H,7-12,14H2,(H,21,27). The maximum absolute atomic E-state index is 11.9. The first-order valence-electron chi connectivity index (χ1n) is 9.42. The molecule has 0 fully saturated rings. The van der Waals surface area contributed by atoms with Crippen LogP contribution in [0.5, 0.6) is 5.75 Å². The zero-order valence-electron chi connectivity index (χ0n) is 15.5. The number of amides is 1. The van der Waals surface area contributed by atoms with E-state index in [-0.39, 0.29) is 5.91 Å². The number of hydrogen-bond donors (Lipinski definition) is 2. The molecule has 1 amide bonds. The van der Waals surface area contributed by atoms with E-state index >= 15 is 0 Å². The number of carbonyl (C=O) groups is 1. The molecule has 2 aromatic heterocycles. The van der Waals surface area contributed by atoms with Crippen molar-refractivity contribution in [1.82, 2.24) is 25.0 Å². The SMILES string of the molecule is O=C(NCCc1nnc2n1CCN(Cc1ccccc1O)CC2)c1ccco1. The first-order chi connectivity index (χ1) is 13.7. The van der Waals surface area contributed by atoms with E-state index in [1.807, 2.05) is 18.2 Å². The summed E-state index contributed by atoms with van der Waals surface area (Å²) in [6.45, 7) is 3.68. The lowest BCUT2D eigenvalue weighted by atomic mass is 10.2. The third-order valence-electron chi connectivity index (χ3n) is 4.96. The van der Waals surface area contributed by atoms with Crippen molar-refractivity contribution < 1.29 is 14.3 Å². The number of para-hydroxylation sites is 1. The fourth-order valence-corrected chi connectivity index (χ4v) is 3.44. The molecule has 0 radical (unpaired) electrons. The van der Waals surface area contributed by atoms with Crippen LogP contribution in [0.15, 0.2) is 47.1 Å². The summed E-state index contributed by atoms with van der Waals surface area (Å²) in [5.41, 5.74) is 0.932. The lowest BCUT2D eigenvalue weighted by Crippen LogP contribution is -2.28. The number of aromatic nitrogens is 3. The fourth-order valence-electron chi connectivity index (χ4n) is 3.44. The van der Waals surface area contributed by atoms with Crippen molar-refractivity contribution in [2.75, 3.05) is 19.6 Å². The van der Waals surface area contributed by atoms with Crippen LogP contribution in [0.2, 0.25) is 0 Å². The third-order valence-corrected chi connectivity index (χ3v) is 4.96. The normalized spacial score (nSPS) is 14.4. The van der Waals surface area contributed by atoms with Crippen molar-refractivity contribution in [2.24, 2.45) is 0 Å². The van der Waals surface area contributed by atoms with Crippen LogP contribution in [-0.4, -0.2) is 50.3 Å². The van der Waals surface area contributed by atoms with E-state index in [0.29, 0.717) is 31.0 Å². The Bertz CT molecular complexity index is 935. The highest BCUT2D eigenvalue weighted by Crippen LogP contribution is 2.19.